The Kier molecular flexibility index (Phi) is 5.70. The van der Waals surface area contributed by atoms with Crippen molar-refractivity contribution in [2.75, 3.05) is 6.61 Å². The summed E-state index contributed by atoms with van der Waals surface area (Å²) in [7, 11) is 0. The topological polar surface area (TPSA) is 92.3 Å². The first-order valence-electron chi connectivity index (χ1n) is 10.2. The highest BCUT2D eigenvalue weighted by molar-refractivity contribution is 8.00. The summed E-state index contributed by atoms with van der Waals surface area (Å²) in [5.41, 5.74) is 7.06. The molecule has 0 fully saturated rings. The van der Waals surface area contributed by atoms with E-state index in [1.807, 2.05) is 59.2 Å². The van der Waals surface area contributed by atoms with Crippen LogP contribution in [0.25, 0.3) is 5.69 Å². The number of benzene rings is 3. The first-order chi connectivity index (χ1) is 16.1. The number of nitrogens with zero attached hydrogens (tertiary/aromatic N) is 3. The summed E-state index contributed by atoms with van der Waals surface area (Å²) in [4.78, 5) is 12.3. The fourth-order valence-electron chi connectivity index (χ4n) is 3.57. The minimum atomic E-state index is -0.783. The summed E-state index contributed by atoms with van der Waals surface area (Å²) in [5.74, 6) is 0.852. The Labute approximate surface area is 193 Å². The van der Waals surface area contributed by atoms with Gasteiger partial charge in [0.15, 0.2) is 28.6 Å². The lowest BCUT2D eigenvalue weighted by Gasteiger charge is -2.26. The molecule has 2 atom stereocenters. The molecule has 1 aliphatic heterocycles. The number of amides is 1. The lowest BCUT2D eigenvalue weighted by molar-refractivity contribution is -0.117. The van der Waals surface area contributed by atoms with Gasteiger partial charge >= 0.3 is 0 Å². The predicted molar refractivity (Wildman–Crippen MR) is 121 cm³/mol. The highest BCUT2D eigenvalue weighted by Crippen LogP contribution is 2.39. The van der Waals surface area contributed by atoms with Crippen LogP contribution in [0.2, 0.25) is 0 Å². The normalized spacial score (nSPS) is 15.7. The summed E-state index contributed by atoms with van der Waals surface area (Å²) in [6.45, 7) is 0.254. The summed E-state index contributed by atoms with van der Waals surface area (Å²) < 4.78 is 27.2. The summed E-state index contributed by atoms with van der Waals surface area (Å²) in [6, 6.07) is 22.6. The Balaban J connectivity index is 1.54. The van der Waals surface area contributed by atoms with Crippen LogP contribution in [-0.4, -0.2) is 27.3 Å². The van der Waals surface area contributed by atoms with Gasteiger partial charge in [0, 0.05) is 5.69 Å². The maximum atomic E-state index is 13.4. The average molecular weight is 463 g/mol. The molecular formula is C24H19FN4O3S. The van der Waals surface area contributed by atoms with Crippen LogP contribution in [0.1, 0.15) is 22.7 Å². The Morgan fingerprint density at radius 1 is 1.00 bits per heavy atom. The van der Waals surface area contributed by atoms with E-state index < -0.39 is 23.1 Å². The molecule has 0 saturated heterocycles. The van der Waals surface area contributed by atoms with Crippen LogP contribution in [0.5, 0.6) is 11.5 Å². The van der Waals surface area contributed by atoms with Crippen LogP contribution in [0.3, 0.4) is 0 Å². The SMILES string of the molecule is NC(=O)[C@@H](Sc1nnc([C@H]2COc3ccccc3O2)n1-c1ccccc1)c1ccc(F)cc1. The number of carbonyl (C=O) groups is 1. The van der Waals surface area contributed by atoms with Crippen molar-refractivity contribution in [2.45, 2.75) is 16.5 Å². The van der Waals surface area contributed by atoms with Gasteiger partial charge in [-0.15, -0.1) is 10.2 Å². The van der Waals surface area contributed by atoms with Gasteiger partial charge in [-0.05, 0) is 42.0 Å². The lowest BCUT2D eigenvalue weighted by Crippen LogP contribution is -2.25. The van der Waals surface area contributed by atoms with E-state index in [0.29, 0.717) is 28.0 Å². The molecule has 0 saturated carbocycles. The number of nitrogens with two attached hydrogens (primary N) is 1. The summed E-state index contributed by atoms with van der Waals surface area (Å²) >= 11 is 1.14. The van der Waals surface area contributed by atoms with Crippen molar-refractivity contribution in [1.82, 2.24) is 14.8 Å². The third-order valence-corrected chi connectivity index (χ3v) is 6.34. The number of thioether (sulfide) groups is 1. The van der Waals surface area contributed by atoms with Gasteiger partial charge in [0.05, 0.1) is 0 Å². The molecule has 9 heteroatoms. The molecule has 4 aromatic rings. The number of halogens is 1. The first kappa shape index (κ1) is 21.0. The van der Waals surface area contributed by atoms with E-state index in [0.717, 1.165) is 17.4 Å². The Hall–Kier alpha value is -3.85. The molecule has 0 aliphatic carbocycles. The highest BCUT2D eigenvalue weighted by atomic mass is 32.2. The van der Waals surface area contributed by atoms with Crippen molar-refractivity contribution in [3.8, 4) is 17.2 Å². The van der Waals surface area contributed by atoms with E-state index in [1.165, 1.54) is 24.3 Å². The molecular weight excluding hydrogens is 443 g/mol. The van der Waals surface area contributed by atoms with Gasteiger partial charge in [-0.3, -0.25) is 9.36 Å². The molecule has 2 heterocycles. The van der Waals surface area contributed by atoms with Gasteiger partial charge in [0.1, 0.15) is 17.7 Å². The quantitative estimate of drug-likeness (QED) is 0.431. The average Bonchev–Trinajstić information content (AvgIpc) is 3.27. The lowest BCUT2D eigenvalue weighted by atomic mass is 10.1. The van der Waals surface area contributed by atoms with Crippen molar-refractivity contribution in [2.24, 2.45) is 5.73 Å². The molecule has 1 amide bonds. The fourth-order valence-corrected chi connectivity index (χ4v) is 4.58. The van der Waals surface area contributed by atoms with Crippen LogP contribution < -0.4 is 15.2 Å². The van der Waals surface area contributed by atoms with Crippen LogP contribution in [0.4, 0.5) is 4.39 Å². The molecule has 1 aromatic heterocycles. The number of aromatic nitrogens is 3. The molecule has 5 rings (SSSR count). The standard InChI is InChI=1S/C24H19FN4O3S/c25-16-12-10-15(11-13-16)21(22(26)30)33-24-28-27-23(29(24)17-6-2-1-3-7-17)20-14-31-18-8-4-5-9-19(18)32-20/h1-13,20-21H,14H2,(H2,26,30)/t20-,21+/m1/s1. The monoisotopic (exact) mass is 462 g/mol. The van der Waals surface area contributed by atoms with E-state index >= 15 is 0 Å². The van der Waals surface area contributed by atoms with Crippen molar-refractivity contribution in [1.29, 1.82) is 0 Å². The largest absolute Gasteiger partial charge is 0.485 e. The van der Waals surface area contributed by atoms with Crippen LogP contribution >= 0.6 is 11.8 Å². The number of ether oxygens (including phenoxy) is 2. The molecule has 7 nitrogen and oxygen atoms in total. The Morgan fingerprint density at radius 2 is 1.70 bits per heavy atom. The number of primary amides is 1. The van der Waals surface area contributed by atoms with Gasteiger partial charge in [-0.1, -0.05) is 54.2 Å². The molecule has 3 aromatic carbocycles. The number of fused-ring (bicyclic) bond motifs is 1. The molecule has 0 unspecified atom stereocenters. The minimum absolute atomic E-state index is 0.254. The highest BCUT2D eigenvalue weighted by Gasteiger charge is 2.31. The Bertz CT molecular complexity index is 1280. The third-order valence-electron chi connectivity index (χ3n) is 5.12. The van der Waals surface area contributed by atoms with Crippen LogP contribution in [-0.2, 0) is 4.79 Å². The molecule has 0 bridgehead atoms. The van der Waals surface area contributed by atoms with Crippen LogP contribution in [0, 0.1) is 5.82 Å². The van der Waals surface area contributed by atoms with Crippen LogP contribution in [0.15, 0.2) is 84.0 Å². The molecule has 2 N–H and O–H groups in total. The zero-order valence-corrected chi connectivity index (χ0v) is 18.1. The zero-order valence-electron chi connectivity index (χ0n) is 17.3. The van der Waals surface area contributed by atoms with Gasteiger partial charge in [-0.25, -0.2) is 4.39 Å². The number of rotatable bonds is 6. The number of hydrogen-bond acceptors (Lipinski definition) is 6. The van der Waals surface area contributed by atoms with Gasteiger partial charge < -0.3 is 15.2 Å². The zero-order chi connectivity index (χ0) is 22.8. The molecule has 166 valence electrons. The maximum absolute atomic E-state index is 13.4. The van der Waals surface area contributed by atoms with Gasteiger partial charge in [0.2, 0.25) is 5.91 Å². The van der Waals surface area contributed by atoms with E-state index in [-0.39, 0.29) is 6.61 Å². The molecule has 33 heavy (non-hydrogen) atoms. The summed E-state index contributed by atoms with van der Waals surface area (Å²) in [5, 5.41) is 8.40. The second-order valence-electron chi connectivity index (χ2n) is 7.33. The van der Waals surface area contributed by atoms with Crippen molar-refractivity contribution >= 4 is 17.7 Å². The van der Waals surface area contributed by atoms with Crippen molar-refractivity contribution in [3.05, 3.63) is 96.1 Å². The van der Waals surface area contributed by atoms with Gasteiger partial charge in [-0.2, -0.15) is 0 Å². The molecule has 0 spiro atoms. The smallest absolute Gasteiger partial charge is 0.235 e. The van der Waals surface area contributed by atoms with E-state index in [2.05, 4.69) is 10.2 Å². The first-order valence-corrected chi connectivity index (χ1v) is 11.1. The number of para-hydroxylation sites is 3. The van der Waals surface area contributed by atoms with E-state index in [9.17, 15) is 9.18 Å². The van der Waals surface area contributed by atoms with Gasteiger partial charge in [0.25, 0.3) is 0 Å². The molecule has 0 radical (unpaired) electrons. The van der Waals surface area contributed by atoms with E-state index in [4.69, 9.17) is 15.2 Å². The van der Waals surface area contributed by atoms with Crippen molar-refractivity contribution < 1.29 is 18.7 Å². The second kappa shape index (κ2) is 8.95. The fraction of sp³-hybridized carbons (Fsp3) is 0.125. The third kappa shape index (κ3) is 4.27. The summed E-state index contributed by atoms with van der Waals surface area (Å²) in [6.07, 6.45) is -0.514. The van der Waals surface area contributed by atoms with Crippen molar-refractivity contribution in [3.63, 3.8) is 0 Å². The predicted octanol–water partition coefficient (Wildman–Crippen LogP) is 4.24. The minimum Gasteiger partial charge on any atom is -0.485 e. The number of carbonyl (C=O) groups excluding carboxylic acids is 1. The maximum Gasteiger partial charge on any atom is 0.235 e. The second-order valence-corrected chi connectivity index (χ2v) is 8.40. The Morgan fingerprint density at radius 3 is 2.42 bits per heavy atom. The van der Waals surface area contributed by atoms with E-state index in [1.54, 1.807) is 0 Å². The number of hydrogen-bond donors (Lipinski definition) is 1. The molecule has 1 aliphatic rings.